The Balaban J connectivity index is 2.81. The van der Waals surface area contributed by atoms with Gasteiger partial charge in [-0.05, 0) is 12.1 Å². The Kier molecular flexibility index (Phi) is 2.25. The Morgan fingerprint density at radius 1 is 1.36 bits per heavy atom. The molecule has 14 heavy (non-hydrogen) atoms. The highest BCUT2D eigenvalue weighted by atomic mass is 35.5. The summed E-state index contributed by atoms with van der Waals surface area (Å²) in [5.41, 5.74) is 0.495. The second-order valence-corrected chi connectivity index (χ2v) is 3.20. The third-order valence-corrected chi connectivity index (χ3v) is 2.13. The van der Waals surface area contributed by atoms with Gasteiger partial charge in [0.2, 0.25) is 0 Å². The van der Waals surface area contributed by atoms with E-state index in [0.717, 1.165) is 5.39 Å². The molecule has 0 fully saturated rings. The van der Waals surface area contributed by atoms with E-state index in [1.165, 1.54) is 19.2 Å². The number of nitrogens with zero attached hydrogens (tertiary/aromatic N) is 1. The van der Waals surface area contributed by atoms with Crippen molar-refractivity contribution in [2.75, 3.05) is 7.11 Å². The molecule has 0 N–H and O–H groups in total. The number of ether oxygens (including phenoxy) is 1. The lowest BCUT2D eigenvalue weighted by atomic mass is 10.2. The second-order valence-electron chi connectivity index (χ2n) is 2.81. The molecule has 1 heterocycles. The van der Waals surface area contributed by atoms with Gasteiger partial charge in [0.05, 0.1) is 12.6 Å². The lowest BCUT2D eigenvalue weighted by molar-refractivity contribution is 0.416. The van der Waals surface area contributed by atoms with Gasteiger partial charge in [-0.25, -0.2) is 9.37 Å². The van der Waals surface area contributed by atoms with Crippen LogP contribution >= 0.6 is 11.6 Å². The van der Waals surface area contributed by atoms with Crippen LogP contribution in [0.25, 0.3) is 10.9 Å². The fraction of sp³-hybridized carbons (Fsp3) is 0.100. The van der Waals surface area contributed by atoms with Crippen molar-refractivity contribution in [3.63, 3.8) is 0 Å². The lowest BCUT2D eigenvalue weighted by Crippen LogP contribution is -1.89. The molecule has 2 nitrogen and oxygen atoms in total. The highest BCUT2D eigenvalue weighted by molar-refractivity contribution is 6.29. The number of methoxy groups -OCH3 is 1. The molecule has 0 bridgehead atoms. The first-order valence-electron chi connectivity index (χ1n) is 4.00. The Morgan fingerprint density at radius 3 is 2.86 bits per heavy atom. The van der Waals surface area contributed by atoms with E-state index in [0.29, 0.717) is 16.4 Å². The van der Waals surface area contributed by atoms with E-state index >= 15 is 0 Å². The van der Waals surface area contributed by atoms with E-state index in [9.17, 15) is 4.39 Å². The van der Waals surface area contributed by atoms with Crippen molar-refractivity contribution in [2.24, 2.45) is 0 Å². The number of benzene rings is 1. The molecule has 0 saturated carbocycles. The molecule has 0 aliphatic carbocycles. The van der Waals surface area contributed by atoms with Crippen LogP contribution in [0.4, 0.5) is 4.39 Å². The number of rotatable bonds is 1. The second kappa shape index (κ2) is 3.42. The molecular formula is C10H7ClFNO. The van der Waals surface area contributed by atoms with Gasteiger partial charge in [0.1, 0.15) is 16.7 Å². The average Bonchev–Trinajstić information content (AvgIpc) is 2.15. The molecule has 0 spiro atoms. The van der Waals surface area contributed by atoms with E-state index in [1.807, 2.05) is 0 Å². The molecule has 1 aromatic heterocycles. The summed E-state index contributed by atoms with van der Waals surface area (Å²) in [6.45, 7) is 0. The number of aromatic nitrogens is 1. The van der Waals surface area contributed by atoms with Crippen LogP contribution in [-0.2, 0) is 0 Å². The molecule has 0 atom stereocenters. The van der Waals surface area contributed by atoms with E-state index in [4.69, 9.17) is 16.3 Å². The molecule has 0 amide bonds. The predicted molar refractivity (Wildman–Crippen MR) is 53.3 cm³/mol. The van der Waals surface area contributed by atoms with E-state index in [-0.39, 0.29) is 5.82 Å². The Labute approximate surface area is 85.3 Å². The summed E-state index contributed by atoms with van der Waals surface area (Å²) < 4.78 is 18.1. The SMILES string of the molecule is COc1cc(F)cc2nc(Cl)ccc12. The maximum atomic E-state index is 13.1. The van der Waals surface area contributed by atoms with Crippen LogP contribution in [0.15, 0.2) is 24.3 Å². The maximum absolute atomic E-state index is 13.1. The van der Waals surface area contributed by atoms with Crippen molar-refractivity contribution >= 4 is 22.5 Å². The lowest BCUT2D eigenvalue weighted by Gasteiger charge is -2.04. The van der Waals surface area contributed by atoms with Crippen LogP contribution < -0.4 is 4.74 Å². The van der Waals surface area contributed by atoms with Crippen molar-refractivity contribution in [2.45, 2.75) is 0 Å². The molecule has 0 unspecified atom stereocenters. The van der Waals surface area contributed by atoms with Gasteiger partial charge < -0.3 is 4.74 Å². The molecule has 0 aliphatic rings. The Hall–Kier alpha value is -1.35. The molecule has 0 saturated heterocycles. The van der Waals surface area contributed by atoms with E-state index in [1.54, 1.807) is 12.1 Å². The summed E-state index contributed by atoms with van der Waals surface area (Å²) in [4.78, 5) is 3.99. The topological polar surface area (TPSA) is 22.1 Å². The zero-order chi connectivity index (χ0) is 10.1. The molecule has 2 rings (SSSR count). The first-order valence-corrected chi connectivity index (χ1v) is 4.38. The minimum atomic E-state index is -0.385. The Morgan fingerprint density at radius 2 is 2.14 bits per heavy atom. The molecule has 72 valence electrons. The number of halogens is 2. The van der Waals surface area contributed by atoms with Crippen LogP contribution in [0, 0.1) is 5.82 Å². The number of pyridine rings is 1. The van der Waals surface area contributed by atoms with Crippen LogP contribution in [0.2, 0.25) is 5.15 Å². The molecular weight excluding hydrogens is 205 g/mol. The third-order valence-electron chi connectivity index (χ3n) is 1.92. The minimum Gasteiger partial charge on any atom is -0.496 e. The molecule has 0 aliphatic heterocycles. The van der Waals surface area contributed by atoms with Crippen molar-refractivity contribution in [3.05, 3.63) is 35.2 Å². The van der Waals surface area contributed by atoms with Gasteiger partial charge in [0.25, 0.3) is 0 Å². The molecule has 2 aromatic rings. The van der Waals surface area contributed by atoms with Gasteiger partial charge in [-0.1, -0.05) is 11.6 Å². The van der Waals surface area contributed by atoms with Crippen LogP contribution in [0.3, 0.4) is 0 Å². The van der Waals surface area contributed by atoms with Crippen LogP contribution in [0.5, 0.6) is 5.75 Å². The summed E-state index contributed by atoms with van der Waals surface area (Å²) in [7, 11) is 1.49. The fourth-order valence-corrected chi connectivity index (χ4v) is 1.47. The van der Waals surface area contributed by atoms with Crippen molar-refractivity contribution < 1.29 is 9.13 Å². The molecule has 1 aromatic carbocycles. The summed E-state index contributed by atoms with van der Waals surface area (Å²) in [5, 5.41) is 1.09. The van der Waals surface area contributed by atoms with Crippen molar-refractivity contribution in [1.29, 1.82) is 0 Å². The number of fused-ring (bicyclic) bond motifs is 1. The zero-order valence-corrected chi connectivity index (χ0v) is 8.18. The van der Waals surface area contributed by atoms with Gasteiger partial charge in [0, 0.05) is 17.5 Å². The monoisotopic (exact) mass is 211 g/mol. The zero-order valence-electron chi connectivity index (χ0n) is 7.42. The highest BCUT2D eigenvalue weighted by Crippen LogP contribution is 2.26. The summed E-state index contributed by atoms with van der Waals surface area (Å²) in [5.74, 6) is 0.0771. The van der Waals surface area contributed by atoms with E-state index < -0.39 is 0 Å². The third kappa shape index (κ3) is 1.51. The fourth-order valence-electron chi connectivity index (χ4n) is 1.31. The number of hydrogen-bond acceptors (Lipinski definition) is 2. The number of hydrogen-bond donors (Lipinski definition) is 0. The van der Waals surface area contributed by atoms with Crippen LogP contribution in [-0.4, -0.2) is 12.1 Å². The standard InChI is InChI=1S/C10H7ClFNO/c1-14-9-5-6(12)4-8-7(9)2-3-10(11)13-8/h2-5H,1H3. The summed E-state index contributed by atoms with van der Waals surface area (Å²) in [6.07, 6.45) is 0. The van der Waals surface area contributed by atoms with Gasteiger partial charge in [-0.3, -0.25) is 0 Å². The van der Waals surface area contributed by atoms with Gasteiger partial charge in [-0.15, -0.1) is 0 Å². The summed E-state index contributed by atoms with van der Waals surface area (Å²) in [6, 6.07) is 6.04. The largest absolute Gasteiger partial charge is 0.496 e. The maximum Gasteiger partial charge on any atom is 0.131 e. The van der Waals surface area contributed by atoms with Gasteiger partial charge >= 0.3 is 0 Å². The normalized spacial score (nSPS) is 10.5. The quantitative estimate of drug-likeness (QED) is 0.677. The molecule has 0 radical (unpaired) electrons. The van der Waals surface area contributed by atoms with Crippen molar-refractivity contribution in [1.82, 2.24) is 4.98 Å². The first-order chi connectivity index (χ1) is 6.70. The predicted octanol–water partition coefficient (Wildman–Crippen LogP) is 3.04. The average molecular weight is 212 g/mol. The smallest absolute Gasteiger partial charge is 0.131 e. The van der Waals surface area contributed by atoms with Crippen LogP contribution in [0.1, 0.15) is 0 Å². The summed E-state index contributed by atoms with van der Waals surface area (Å²) >= 11 is 5.69. The Bertz CT molecular complexity index is 482. The van der Waals surface area contributed by atoms with Gasteiger partial charge in [0.15, 0.2) is 0 Å². The van der Waals surface area contributed by atoms with Crippen molar-refractivity contribution in [3.8, 4) is 5.75 Å². The van der Waals surface area contributed by atoms with E-state index in [2.05, 4.69) is 4.98 Å². The first kappa shape index (κ1) is 9.21. The minimum absolute atomic E-state index is 0.338. The highest BCUT2D eigenvalue weighted by Gasteiger charge is 2.05. The van der Waals surface area contributed by atoms with Gasteiger partial charge in [-0.2, -0.15) is 0 Å². The molecule has 4 heteroatoms.